The first-order valence-corrected chi connectivity index (χ1v) is 7.38. The molecule has 2 nitrogen and oxygen atoms in total. The van der Waals surface area contributed by atoms with Gasteiger partial charge in [0.25, 0.3) is 0 Å². The maximum Gasteiger partial charge on any atom is 0.000508 e. The highest BCUT2D eigenvalue weighted by atomic mass is 14.9. The molecular formula is C15H30N2. The van der Waals surface area contributed by atoms with E-state index in [0.29, 0.717) is 5.41 Å². The Morgan fingerprint density at radius 1 is 1.29 bits per heavy atom. The summed E-state index contributed by atoms with van der Waals surface area (Å²) in [5, 5.41) is 7.20. The SMILES string of the molecule is CC(C)C(C)(C)CNCC1CC12CCNCC2. The molecule has 1 atom stereocenters. The molecule has 1 saturated carbocycles. The van der Waals surface area contributed by atoms with Crippen molar-refractivity contribution in [3.63, 3.8) is 0 Å². The lowest BCUT2D eigenvalue weighted by atomic mass is 9.81. The van der Waals surface area contributed by atoms with Crippen LogP contribution in [-0.4, -0.2) is 26.2 Å². The molecule has 1 unspecified atom stereocenters. The zero-order valence-electron chi connectivity index (χ0n) is 12.1. The molecule has 2 heteroatoms. The van der Waals surface area contributed by atoms with Crippen LogP contribution in [0.15, 0.2) is 0 Å². The molecule has 0 radical (unpaired) electrons. The highest BCUT2D eigenvalue weighted by Crippen LogP contribution is 2.58. The van der Waals surface area contributed by atoms with Gasteiger partial charge in [-0.1, -0.05) is 27.7 Å². The van der Waals surface area contributed by atoms with Gasteiger partial charge >= 0.3 is 0 Å². The van der Waals surface area contributed by atoms with Gasteiger partial charge in [-0.15, -0.1) is 0 Å². The lowest BCUT2D eigenvalue weighted by Crippen LogP contribution is -2.36. The van der Waals surface area contributed by atoms with Crippen molar-refractivity contribution in [2.45, 2.75) is 47.0 Å². The summed E-state index contributed by atoms with van der Waals surface area (Å²) < 4.78 is 0. The van der Waals surface area contributed by atoms with Gasteiger partial charge in [0.1, 0.15) is 0 Å². The van der Waals surface area contributed by atoms with E-state index in [9.17, 15) is 0 Å². The molecular weight excluding hydrogens is 208 g/mol. The largest absolute Gasteiger partial charge is 0.317 e. The fourth-order valence-corrected chi connectivity index (χ4v) is 3.03. The quantitative estimate of drug-likeness (QED) is 0.769. The van der Waals surface area contributed by atoms with E-state index in [0.717, 1.165) is 23.8 Å². The summed E-state index contributed by atoms with van der Waals surface area (Å²) in [5.74, 6) is 1.72. The summed E-state index contributed by atoms with van der Waals surface area (Å²) in [7, 11) is 0. The van der Waals surface area contributed by atoms with Crippen molar-refractivity contribution < 1.29 is 0 Å². The molecule has 1 aliphatic carbocycles. The number of hydrogen-bond donors (Lipinski definition) is 2. The Morgan fingerprint density at radius 2 is 1.94 bits per heavy atom. The first-order valence-electron chi connectivity index (χ1n) is 7.38. The van der Waals surface area contributed by atoms with Gasteiger partial charge in [-0.2, -0.15) is 0 Å². The van der Waals surface area contributed by atoms with Gasteiger partial charge in [-0.25, -0.2) is 0 Å². The van der Waals surface area contributed by atoms with Gasteiger partial charge in [0.15, 0.2) is 0 Å². The standard InChI is InChI=1S/C15H30N2/c1-12(2)14(3,4)11-17-10-13-9-15(13)5-7-16-8-6-15/h12-13,16-17H,5-11H2,1-4H3. The molecule has 2 aliphatic rings. The van der Waals surface area contributed by atoms with E-state index in [1.807, 2.05) is 0 Å². The summed E-state index contributed by atoms with van der Waals surface area (Å²) >= 11 is 0. The summed E-state index contributed by atoms with van der Waals surface area (Å²) in [6.45, 7) is 14.3. The molecule has 1 saturated heterocycles. The van der Waals surface area contributed by atoms with E-state index in [1.165, 1.54) is 38.9 Å². The summed E-state index contributed by atoms with van der Waals surface area (Å²) in [6, 6.07) is 0. The lowest BCUT2D eigenvalue weighted by molar-refractivity contribution is 0.233. The fraction of sp³-hybridized carbons (Fsp3) is 1.00. The number of nitrogens with one attached hydrogen (secondary N) is 2. The predicted octanol–water partition coefficient (Wildman–Crippen LogP) is 2.65. The summed E-state index contributed by atoms with van der Waals surface area (Å²) in [4.78, 5) is 0. The van der Waals surface area contributed by atoms with Crippen LogP contribution in [0.2, 0.25) is 0 Å². The molecule has 17 heavy (non-hydrogen) atoms. The molecule has 1 aliphatic heterocycles. The van der Waals surface area contributed by atoms with Gasteiger partial charge in [-0.05, 0) is 61.6 Å². The highest BCUT2D eigenvalue weighted by Gasteiger charge is 2.53. The molecule has 0 bridgehead atoms. The zero-order chi connectivity index (χ0) is 12.5. The highest BCUT2D eigenvalue weighted by molar-refractivity contribution is 5.05. The van der Waals surface area contributed by atoms with Gasteiger partial charge in [0.05, 0.1) is 0 Å². The Bertz CT molecular complexity index is 252. The first kappa shape index (κ1) is 13.4. The van der Waals surface area contributed by atoms with E-state index >= 15 is 0 Å². The molecule has 100 valence electrons. The third kappa shape index (κ3) is 3.03. The van der Waals surface area contributed by atoms with Crippen LogP contribution in [0.25, 0.3) is 0 Å². The normalized spacial score (nSPS) is 27.7. The van der Waals surface area contributed by atoms with Crippen LogP contribution < -0.4 is 10.6 Å². The van der Waals surface area contributed by atoms with Crippen LogP contribution in [0.1, 0.15) is 47.0 Å². The first-order chi connectivity index (χ1) is 7.96. The zero-order valence-corrected chi connectivity index (χ0v) is 12.1. The Kier molecular flexibility index (Phi) is 3.84. The van der Waals surface area contributed by atoms with Crippen LogP contribution in [-0.2, 0) is 0 Å². The number of piperidine rings is 1. The predicted molar refractivity (Wildman–Crippen MR) is 74.1 cm³/mol. The van der Waals surface area contributed by atoms with Crippen LogP contribution >= 0.6 is 0 Å². The third-order valence-electron chi connectivity index (χ3n) is 5.49. The minimum atomic E-state index is 0.427. The minimum Gasteiger partial charge on any atom is -0.317 e. The van der Waals surface area contributed by atoms with Crippen molar-refractivity contribution in [2.75, 3.05) is 26.2 Å². The Labute approximate surface area is 107 Å². The van der Waals surface area contributed by atoms with Crippen LogP contribution in [0.3, 0.4) is 0 Å². The molecule has 0 aromatic rings. The average molecular weight is 238 g/mol. The second-order valence-electron chi connectivity index (χ2n) is 7.29. The smallest absolute Gasteiger partial charge is 0.000508 e. The summed E-state index contributed by atoms with van der Waals surface area (Å²) in [6.07, 6.45) is 4.30. The van der Waals surface area contributed by atoms with E-state index < -0.39 is 0 Å². The molecule has 2 N–H and O–H groups in total. The van der Waals surface area contributed by atoms with Crippen LogP contribution in [0.5, 0.6) is 0 Å². The van der Waals surface area contributed by atoms with Crippen molar-refractivity contribution in [1.82, 2.24) is 10.6 Å². The Morgan fingerprint density at radius 3 is 2.53 bits per heavy atom. The maximum atomic E-state index is 3.72. The van der Waals surface area contributed by atoms with Crippen molar-refractivity contribution >= 4 is 0 Å². The molecule has 0 aromatic carbocycles. The molecule has 1 spiro atoms. The monoisotopic (exact) mass is 238 g/mol. The average Bonchev–Trinajstić information content (AvgIpc) is 2.91. The molecule has 2 rings (SSSR count). The lowest BCUT2D eigenvalue weighted by Gasteiger charge is -2.30. The fourth-order valence-electron chi connectivity index (χ4n) is 3.03. The van der Waals surface area contributed by atoms with Crippen molar-refractivity contribution in [1.29, 1.82) is 0 Å². The number of hydrogen-bond acceptors (Lipinski definition) is 2. The molecule has 0 aromatic heterocycles. The van der Waals surface area contributed by atoms with Gasteiger partial charge in [0.2, 0.25) is 0 Å². The van der Waals surface area contributed by atoms with Crippen LogP contribution in [0, 0.1) is 22.7 Å². The van der Waals surface area contributed by atoms with E-state index in [4.69, 9.17) is 0 Å². The van der Waals surface area contributed by atoms with Crippen molar-refractivity contribution in [3.05, 3.63) is 0 Å². The third-order valence-corrected chi connectivity index (χ3v) is 5.49. The van der Waals surface area contributed by atoms with Crippen LogP contribution in [0.4, 0.5) is 0 Å². The second-order valence-corrected chi connectivity index (χ2v) is 7.29. The van der Waals surface area contributed by atoms with Gasteiger partial charge < -0.3 is 10.6 Å². The minimum absolute atomic E-state index is 0.427. The van der Waals surface area contributed by atoms with Gasteiger partial charge in [-0.3, -0.25) is 0 Å². The van der Waals surface area contributed by atoms with E-state index in [-0.39, 0.29) is 0 Å². The van der Waals surface area contributed by atoms with E-state index in [1.54, 1.807) is 0 Å². The topological polar surface area (TPSA) is 24.1 Å². The molecule has 0 amide bonds. The molecule has 1 heterocycles. The maximum absolute atomic E-state index is 3.72. The second kappa shape index (κ2) is 4.89. The number of rotatable bonds is 5. The Hall–Kier alpha value is -0.0800. The van der Waals surface area contributed by atoms with E-state index in [2.05, 4.69) is 38.3 Å². The summed E-state index contributed by atoms with van der Waals surface area (Å²) in [5.41, 5.74) is 1.16. The van der Waals surface area contributed by atoms with Gasteiger partial charge in [0, 0.05) is 6.54 Å². The Balaban J connectivity index is 1.67. The van der Waals surface area contributed by atoms with Crippen molar-refractivity contribution in [2.24, 2.45) is 22.7 Å². The van der Waals surface area contributed by atoms with Crippen molar-refractivity contribution in [3.8, 4) is 0 Å². The molecule has 2 fully saturated rings.